The molecule has 0 spiro atoms. The number of piperazine rings is 1. The van der Waals surface area contributed by atoms with Crippen LogP contribution in [-0.2, 0) is 16.1 Å². The van der Waals surface area contributed by atoms with Crippen LogP contribution in [-0.4, -0.2) is 80.4 Å². The zero-order valence-electron chi connectivity index (χ0n) is 17.0. The predicted octanol–water partition coefficient (Wildman–Crippen LogP) is 2.03. The van der Waals surface area contributed by atoms with Crippen LogP contribution < -0.4 is 10.1 Å². The zero-order chi connectivity index (χ0) is 21.6. The minimum absolute atomic E-state index is 0.0609. The highest BCUT2D eigenvalue weighted by Gasteiger charge is 2.31. The fourth-order valence-corrected chi connectivity index (χ4v) is 3.54. The van der Waals surface area contributed by atoms with E-state index in [0.29, 0.717) is 45.3 Å². The summed E-state index contributed by atoms with van der Waals surface area (Å²) in [6, 6.07) is 6.53. The van der Waals surface area contributed by atoms with Gasteiger partial charge in [0.05, 0.1) is 0 Å². The molecule has 7 nitrogen and oxygen atoms in total. The summed E-state index contributed by atoms with van der Waals surface area (Å²) in [5, 5.41) is 3.22. The van der Waals surface area contributed by atoms with Gasteiger partial charge in [0, 0.05) is 46.4 Å². The Kier molecular flexibility index (Phi) is 7.41. The third kappa shape index (κ3) is 6.25. The molecule has 0 aliphatic carbocycles. The number of benzene rings is 1. The van der Waals surface area contributed by atoms with Gasteiger partial charge in [-0.1, -0.05) is 12.1 Å². The molecule has 0 saturated carbocycles. The van der Waals surface area contributed by atoms with Gasteiger partial charge in [0.25, 0.3) is 5.91 Å². The lowest BCUT2D eigenvalue weighted by Gasteiger charge is -2.37. The molecule has 2 saturated heterocycles. The third-order valence-corrected chi connectivity index (χ3v) is 5.06. The molecule has 1 aromatic rings. The first kappa shape index (κ1) is 22.2. The van der Waals surface area contributed by atoms with Crippen LogP contribution in [0, 0.1) is 0 Å². The van der Waals surface area contributed by atoms with E-state index in [4.69, 9.17) is 9.47 Å². The second-order valence-corrected chi connectivity index (χ2v) is 7.27. The molecule has 1 amide bonds. The number of ether oxygens (including phenoxy) is 2. The van der Waals surface area contributed by atoms with Crippen molar-refractivity contribution in [3.05, 3.63) is 29.8 Å². The summed E-state index contributed by atoms with van der Waals surface area (Å²) in [6.07, 6.45) is -2.96. The van der Waals surface area contributed by atoms with Gasteiger partial charge in [0.1, 0.15) is 11.9 Å². The number of hydrogen-bond acceptors (Lipinski definition) is 4. The van der Waals surface area contributed by atoms with Crippen molar-refractivity contribution in [3.8, 4) is 5.75 Å². The molecule has 1 N–H and O–H groups in total. The highest BCUT2D eigenvalue weighted by molar-refractivity contribution is 5.82. The number of alkyl halides is 3. The molecule has 2 heterocycles. The molecule has 1 unspecified atom stereocenters. The summed E-state index contributed by atoms with van der Waals surface area (Å²) < 4.78 is 47.2. The van der Waals surface area contributed by atoms with Crippen molar-refractivity contribution in [2.45, 2.75) is 31.7 Å². The van der Waals surface area contributed by atoms with Crippen LogP contribution in [0.3, 0.4) is 0 Å². The molecule has 2 fully saturated rings. The highest BCUT2D eigenvalue weighted by Crippen LogP contribution is 2.20. The number of rotatable bonds is 5. The molecule has 0 bridgehead atoms. The van der Waals surface area contributed by atoms with Gasteiger partial charge >= 0.3 is 6.18 Å². The topological polar surface area (TPSA) is 66.4 Å². The van der Waals surface area contributed by atoms with Gasteiger partial charge in [0.2, 0.25) is 0 Å². The normalized spacial score (nSPS) is 20.4. The molecule has 0 aromatic heterocycles. The fourth-order valence-electron chi connectivity index (χ4n) is 3.54. The number of guanidine groups is 1. The van der Waals surface area contributed by atoms with Crippen molar-refractivity contribution < 1.29 is 27.4 Å². The Bertz CT molecular complexity index is 743. The third-order valence-electron chi connectivity index (χ3n) is 5.06. The SMILES string of the molecule is CN=C(NCc1cccc(OCC(F)(F)F)c1)N1CCN(C(=O)C2CCCO2)CC1. The van der Waals surface area contributed by atoms with Gasteiger partial charge < -0.3 is 24.6 Å². The molecular weight excluding hydrogens is 401 g/mol. The first-order valence-corrected chi connectivity index (χ1v) is 10.0. The van der Waals surface area contributed by atoms with E-state index in [1.165, 1.54) is 6.07 Å². The van der Waals surface area contributed by atoms with E-state index < -0.39 is 12.8 Å². The number of nitrogens with one attached hydrogen (secondary N) is 1. The molecule has 2 aliphatic rings. The van der Waals surface area contributed by atoms with E-state index in [9.17, 15) is 18.0 Å². The second kappa shape index (κ2) is 10.0. The lowest BCUT2D eigenvalue weighted by Crippen LogP contribution is -2.55. The molecule has 30 heavy (non-hydrogen) atoms. The smallest absolute Gasteiger partial charge is 0.422 e. The van der Waals surface area contributed by atoms with Crippen molar-refractivity contribution >= 4 is 11.9 Å². The van der Waals surface area contributed by atoms with E-state index >= 15 is 0 Å². The molecule has 1 atom stereocenters. The number of carbonyl (C=O) groups excluding carboxylic acids is 1. The van der Waals surface area contributed by atoms with E-state index in [-0.39, 0.29) is 17.8 Å². The molecule has 2 aliphatic heterocycles. The first-order valence-electron chi connectivity index (χ1n) is 10.0. The van der Waals surface area contributed by atoms with Crippen LogP contribution in [0.25, 0.3) is 0 Å². The second-order valence-electron chi connectivity index (χ2n) is 7.27. The van der Waals surface area contributed by atoms with E-state index in [2.05, 4.69) is 15.2 Å². The fraction of sp³-hybridized carbons (Fsp3) is 0.600. The minimum atomic E-state index is -4.37. The lowest BCUT2D eigenvalue weighted by molar-refractivity contribution is -0.153. The van der Waals surface area contributed by atoms with Crippen molar-refractivity contribution in [3.63, 3.8) is 0 Å². The molecular formula is C20H27F3N4O3. The Labute approximate surface area is 173 Å². The van der Waals surface area contributed by atoms with Crippen LogP contribution >= 0.6 is 0 Å². The number of aliphatic imine (C=N–C) groups is 1. The van der Waals surface area contributed by atoms with Crippen molar-refractivity contribution in [2.75, 3.05) is 46.4 Å². The predicted molar refractivity (Wildman–Crippen MR) is 105 cm³/mol. The molecule has 0 radical (unpaired) electrons. The van der Waals surface area contributed by atoms with Crippen LogP contribution in [0.1, 0.15) is 18.4 Å². The Balaban J connectivity index is 1.48. The summed E-state index contributed by atoms with van der Waals surface area (Å²) >= 11 is 0. The maximum absolute atomic E-state index is 12.5. The summed E-state index contributed by atoms with van der Waals surface area (Å²) in [7, 11) is 1.68. The summed E-state index contributed by atoms with van der Waals surface area (Å²) in [6.45, 7) is 2.21. The van der Waals surface area contributed by atoms with Crippen LogP contribution in [0.4, 0.5) is 13.2 Å². The molecule has 166 valence electrons. The van der Waals surface area contributed by atoms with Gasteiger partial charge in [-0.05, 0) is 30.5 Å². The molecule has 1 aromatic carbocycles. The Hall–Kier alpha value is -2.49. The summed E-state index contributed by atoms with van der Waals surface area (Å²) in [4.78, 5) is 20.6. The van der Waals surface area contributed by atoms with Crippen LogP contribution in [0.15, 0.2) is 29.3 Å². The Morgan fingerprint density at radius 2 is 2.00 bits per heavy atom. The Morgan fingerprint density at radius 1 is 1.27 bits per heavy atom. The van der Waals surface area contributed by atoms with Crippen molar-refractivity contribution in [2.24, 2.45) is 4.99 Å². The number of hydrogen-bond donors (Lipinski definition) is 1. The van der Waals surface area contributed by atoms with E-state index in [0.717, 1.165) is 18.4 Å². The van der Waals surface area contributed by atoms with Gasteiger partial charge in [-0.2, -0.15) is 13.2 Å². The van der Waals surface area contributed by atoms with Crippen LogP contribution in [0.5, 0.6) is 5.75 Å². The standard InChI is InChI=1S/C20H27F3N4O3/c1-24-19(25-13-15-4-2-5-16(12-15)30-14-20(21,22)23)27-9-7-26(8-10-27)18(28)17-6-3-11-29-17/h2,4-5,12,17H,3,6-11,13-14H2,1H3,(H,24,25). The summed E-state index contributed by atoms with van der Waals surface area (Å²) in [5.74, 6) is 0.912. The zero-order valence-corrected chi connectivity index (χ0v) is 17.0. The highest BCUT2D eigenvalue weighted by atomic mass is 19.4. The maximum atomic E-state index is 12.5. The minimum Gasteiger partial charge on any atom is -0.484 e. The number of carbonyl (C=O) groups is 1. The average molecular weight is 428 g/mol. The van der Waals surface area contributed by atoms with Gasteiger partial charge in [-0.15, -0.1) is 0 Å². The molecule has 3 rings (SSSR count). The average Bonchev–Trinajstić information content (AvgIpc) is 3.27. The quantitative estimate of drug-likeness (QED) is 0.574. The van der Waals surface area contributed by atoms with Gasteiger partial charge in [-0.3, -0.25) is 9.79 Å². The van der Waals surface area contributed by atoms with E-state index in [1.807, 2.05) is 4.90 Å². The summed E-state index contributed by atoms with van der Waals surface area (Å²) in [5.41, 5.74) is 0.781. The maximum Gasteiger partial charge on any atom is 0.422 e. The Morgan fingerprint density at radius 3 is 2.63 bits per heavy atom. The number of amides is 1. The van der Waals surface area contributed by atoms with Crippen molar-refractivity contribution in [1.29, 1.82) is 0 Å². The number of nitrogens with zero attached hydrogens (tertiary/aromatic N) is 3. The molecule has 10 heteroatoms. The monoisotopic (exact) mass is 428 g/mol. The first-order chi connectivity index (χ1) is 14.4. The lowest BCUT2D eigenvalue weighted by atomic mass is 10.2. The van der Waals surface area contributed by atoms with Gasteiger partial charge in [-0.25, -0.2) is 0 Å². The van der Waals surface area contributed by atoms with Gasteiger partial charge in [0.15, 0.2) is 12.6 Å². The van der Waals surface area contributed by atoms with Crippen LogP contribution in [0.2, 0.25) is 0 Å². The van der Waals surface area contributed by atoms with E-state index in [1.54, 1.807) is 25.2 Å². The van der Waals surface area contributed by atoms with Crippen molar-refractivity contribution in [1.82, 2.24) is 15.1 Å². The number of halogens is 3. The largest absolute Gasteiger partial charge is 0.484 e.